The Morgan fingerprint density at radius 2 is 1.73 bits per heavy atom. The number of nitrogens with zero attached hydrogens (tertiary/aromatic N) is 2. The predicted molar refractivity (Wildman–Crippen MR) is 141 cm³/mol. The summed E-state index contributed by atoms with van der Waals surface area (Å²) in [5.74, 6) is 0.0624. The number of thioether (sulfide) groups is 1. The van der Waals surface area contributed by atoms with Gasteiger partial charge in [0.05, 0.1) is 22.7 Å². The van der Waals surface area contributed by atoms with E-state index in [2.05, 4.69) is 13.8 Å². The van der Waals surface area contributed by atoms with Crippen LogP contribution < -0.4 is 4.90 Å². The molecule has 0 spiro atoms. The van der Waals surface area contributed by atoms with Gasteiger partial charge in [-0.15, -0.1) is 0 Å². The highest BCUT2D eigenvalue weighted by Crippen LogP contribution is 2.45. The van der Waals surface area contributed by atoms with Crippen molar-refractivity contribution in [3.05, 3.63) is 69.6 Å². The van der Waals surface area contributed by atoms with Gasteiger partial charge in [-0.1, -0.05) is 105 Å². The number of rotatable bonds is 8. The number of hydrogen-bond donors (Lipinski definition) is 0. The van der Waals surface area contributed by atoms with E-state index in [0.717, 1.165) is 42.5 Å². The van der Waals surface area contributed by atoms with Crippen molar-refractivity contribution in [2.75, 3.05) is 11.4 Å². The fourth-order valence-electron chi connectivity index (χ4n) is 4.34. The Kier molecular flexibility index (Phi) is 7.57. The molecule has 4 nitrogen and oxygen atoms in total. The summed E-state index contributed by atoms with van der Waals surface area (Å²) in [6, 6.07) is 15.1. The molecule has 0 N–H and O–H groups in total. The van der Waals surface area contributed by atoms with E-state index in [4.69, 9.17) is 23.8 Å². The largest absolute Gasteiger partial charge is 0.303 e. The molecule has 2 heterocycles. The molecule has 1 atom stereocenters. The van der Waals surface area contributed by atoms with Gasteiger partial charge in [-0.2, -0.15) is 0 Å². The van der Waals surface area contributed by atoms with E-state index in [-0.39, 0.29) is 11.8 Å². The van der Waals surface area contributed by atoms with Gasteiger partial charge in [-0.3, -0.25) is 14.5 Å². The molecule has 0 aliphatic carbocycles. The molecule has 172 valence electrons. The Morgan fingerprint density at radius 3 is 2.45 bits per heavy atom. The molecule has 2 aromatic rings. The van der Waals surface area contributed by atoms with E-state index in [1.165, 1.54) is 11.8 Å². The summed E-state index contributed by atoms with van der Waals surface area (Å²) >= 11 is 13.2. The van der Waals surface area contributed by atoms with Gasteiger partial charge in [0.15, 0.2) is 0 Å². The number of anilines is 1. The molecule has 2 aliphatic rings. The quantitative estimate of drug-likeness (QED) is 0.301. The lowest BCUT2D eigenvalue weighted by molar-refractivity contribution is -0.123. The lowest BCUT2D eigenvalue weighted by atomic mass is 9.98. The molecule has 33 heavy (non-hydrogen) atoms. The van der Waals surface area contributed by atoms with E-state index in [1.54, 1.807) is 9.80 Å². The minimum Gasteiger partial charge on any atom is -0.303 e. The molecule has 2 amide bonds. The lowest BCUT2D eigenvalue weighted by Gasteiger charge is -2.21. The summed E-state index contributed by atoms with van der Waals surface area (Å²) in [6.45, 7) is 5.28. The number of unbranched alkanes of at least 4 members (excludes halogenated alkanes) is 1. The molecular weight excluding hydrogens is 472 g/mol. The summed E-state index contributed by atoms with van der Waals surface area (Å²) in [6.07, 6.45) is 4.34. The number of hydrogen-bond acceptors (Lipinski definition) is 4. The third kappa shape index (κ3) is 4.75. The third-order valence-corrected chi connectivity index (χ3v) is 8.09. The smallest absolute Gasteiger partial charge is 0.267 e. The van der Waals surface area contributed by atoms with E-state index >= 15 is 0 Å². The molecule has 2 aliphatic heterocycles. The van der Waals surface area contributed by atoms with Gasteiger partial charge in [0.25, 0.3) is 11.8 Å². The van der Waals surface area contributed by atoms with Crippen LogP contribution in [0.2, 0.25) is 5.02 Å². The van der Waals surface area contributed by atoms with Gasteiger partial charge < -0.3 is 4.90 Å². The molecule has 2 aromatic carbocycles. The van der Waals surface area contributed by atoms with E-state index < -0.39 is 0 Å². The fourth-order valence-corrected chi connectivity index (χ4v) is 5.88. The van der Waals surface area contributed by atoms with Crippen LogP contribution in [0.4, 0.5) is 5.69 Å². The molecule has 7 heteroatoms. The molecule has 0 aromatic heterocycles. The van der Waals surface area contributed by atoms with Gasteiger partial charge in [-0.05, 0) is 30.0 Å². The van der Waals surface area contributed by atoms with Crippen molar-refractivity contribution >= 4 is 63.0 Å². The summed E-state index contributed by atoms with van der Waals surface area (Å²) in [4.78, 5) is 30.9. The number of carbonyl (C=O) groups is 2. The molecule has 0 saturated carbocycles. The van der Waals surface area contributed by atoms with Crippen LogP contribution in [-0.2, 0) is 16.1 Å². The number of amides is 2. The first kappa shape index (κ1) is 24.0. The average Bonchev–Trinajstić information content (AvgIpc) is 3.25. The van der Waals surface area contributed by atoms with E-state index in [1.807, 2.05) is 48.5 Å². The van der Waals surface area contributed by atoms with Crippen molar-refractivity contribution in [2.45, 2.75) is 46.1 Å². The zero-order chi connectivity index (χ0) is 23.5. The Balaban J connectivity index is 1.67. The van der Waals surface area contributed by atoms with Crippen LogP contribution in [0.15, 0.2) is 53.4 Å². The summed E-state index contributed by atoms with van der Waals surface area (Å²) in [7, 11) is 0. The number of benzene rings is 2. The van der Waals surface area contributed by atoms with E-state index in [0.29, 0.717) is 38.8 Å². The molecule has 0 bridgehead atoms. The first-order valence-electron chi connectivity index (χ1n) is 11.4. The molecule has 1 fully saturated rings. The van der Waals surface area contributed by atoms with Crippen molar-refractivity contribution in [1.29, 1.82) is 0 Å². The highest BCUT2D eigenvalue weighted by atomic mass is 35.5. The number of carbonyl (C=O) groups excluding carboxylic acids is 2. The predicted octanol–water partition coefficient (Wildman–Crippen LogP) is 6.67. The standard InChI is InChI=1S/C26H27ClN2O2S2/c1-3-5-10-17(4-2)15-29-25(31)23(33-26(29)32)22-19-12-7-9-14-21(19)28(24(22)30)16-18-11-6-8-13-20(18)27/h6-9,11-14,17H,3-5,10,15-16H2,1-2H3. The van der Waals surface area contributed by atoms with Crippen LogP contribution in [0, 0.1) is 5.92 Å². The zero-order valence-corrected chi connectivity index (χ0v) is 21.2. The highest BCUT2D eigenvalue weighted by Gasteiger charge is 2.42. The van der Waals surface area contributed by atoms with Gasteiger partial charge in [0.1, 0.15) is 4.32 Å². The second-order valence-corrected chi connectivity index (χ2v) is 10.5. The van der Waals surface area contributed by atoms with Crippen molar-refractivity contribution in [3.8, 4) is 0 Å². The lowest BCUT2D eigenvalue weighted by Crippen LogP contribution is -2.33. The fraction of sp³-hybridized carbons (Fsp3) is 0.346. The molecule has 0 radical (unpaired) electrons. The average molecular weight is 499 g/mol. The van der Waals surface area contributed by atoms with Gasteiger partial charge >= 0.3 is 0 Å². The van der Waals surface area contributed by atoms with Crippen LogP contribution in [0.25, 0.3) is 5.57 Å². The summed E-state index contributed by atoms with van der Waals surface area (Å²) in [5, 5.41) is 0.611. The van der Waals surface area contributed by atoms with Crippen molar-refractivity contribution < 1.29 is 9.59 Å². The summed E-state index contributed by atoms with van der Waals surface area (Å²) in [5.41, 5.74) is 2.86. The molecule has 4 rings (SSSR count). The maximum atomic E-state index is 13.6. The monoisotopic (exact) mass is 498 g/mol. The van der Waals surface area contributed by atoms with E-state index in [9.17, 15) is 9.59 Å². The van der Waals surface area contributed by atoms with Crippen LogP contribution >= 0.6 is 35.6 Å². The molecular formula is C26H27ClN2O2S2. The maximum absolute atomic E-state index is 13.6. The van der Waals surface area contributed by atoms with Gasteiger partial charge in [0, 0.05) is 17.1 Å². The first-order valence-corrected chi connectivity index (χ1v) is 13.0. The van der Waals surface area contributed by atoms with Crippen molar-refractivity contribution in [3.63, 3.8) is 0 Å². The Labute approximate surface area is 210 Å². The third-order valence-electron chi connectivity index (χ3n) is 6.27. The molecule has 1 saturated heterocycles. The number of halogens is 1. The van der Waals surface area contributed by atoms with Crippen LogP contribution in [-0.4, -0.2) is 27.6 Å². The second kappa shape index (κ2) is 10.4. The topological polar surface area (TPSA) is 40.6 Å². The normalized spacial score (nSPS) is 18.9. The van der Waals surface area contributed by atoms with Crippen LogP contribution in [0.3, 0.4) is 0 Å². The van der Waals surface area contributed by atoms with Gasteiger partial charge in [-0.25, -0.2) is 0 Å². The summed E-state index contributed by atoms with van der Waals surface area (Å²) < 4.78 is 0.535. The maximum Gasteiger partial charge on any atom is 0.267 e. The van der Waals surface area contributed by atoms with Crippen LogP contribution in [0.5, 0.6) is 0 Å². The Hall–Kier alpha value is -2.15. The first-order chi connectivity index (χ1) is 16.0. The zero-order valence-electron chi connectivity index (χ0n) is 18.8. The Bertz CT molecular complexity index is 1130. The number of thiocarbonyl (C=S) groups is 1. The van der Waals surface area contributed by atoms with Crippen molar-refractivity contribution in [2.24, 2.45) is 5.92 Å². The second-order valence-electron chi connectivity index (χ2n) is 8.40. The SMILES string of the molecule is CCCCC(CC)CN1C(=O)C(=C2C(=O)N(Cc3ccccc3Cl)c3ccccc32)SC1=S. The minimum absolute atomic E-state index is 0.155. The highest BCUT2D eigenvalue weighted by molar-refractivity contribution is 8.26. The molecule has 1 unspecified atom stereocenters. The minimum atomic E-state index is -0.186. The van der Waals surface area contributed by atoms with Crippen LogP contribution in [0.1, 0.15) is 50.7 Å². The Morgan fingerprint density at radius 1 is 1.00 bits per heavy atom. The van der Waals surface area contributed by atoms with Crippen molar-refractivity contribution in [1.82, 2.24) is 4.90 Å². The number of fused-ring (bicyclic) bond motifs is 1. The number of para-hydroxylation sites is 1. The van der Waals surface area contributed by atoms with Gasteiger partial charge in [0.2, 0.25) is 0 Å².